The number of carboxylic acid groups (broad SMARTS) is 1. The van der Waals surface area contributed by atoms with Crippen molar-refractivity contribution < 1.29 is 63.1 Å². The van der Waals surface area contributed by atoms with Crippen molar-refractivity contribution in [3.63, 3.8) is 0 Å². The first kappa shape index (κ1) is 33.0. The average molecular weight is 503 g/mol. The molecule has 13 heteroatoms. The van der Waals surface area contributed by atoms with Gasteiger partial charge in [-0.15, -0.1) is 0 Å². The summed E-state index contributed by atoms with van der Waals surface area (Å²) in [5.74, 6) is -1.06. The zero-order valence-electron chi connectivity index (χ0n) is 19.9. The molecule has 0 aliphatic rings. The maximum atomic E-state index is 10.5. The molecule has 4 N–H and O–H groups in total. The number of rotatable bonds is 28. The van der Waals surface area contributed by atoms with Gasteiger partial charge in [-0.3, -0.25) is 0 Å². The molecule has 0 rings (SSSR count). The Morgan fingerprint density at radius 3 is 1.06 bits per heavy atom. The third-order valence-corrected chi connectivity index (χ3v) is 4.05. The summed E-state index contributed by atoms with van der Waals surface area (Å²) in [6.07, 6.45) is 0. The highest BCUT2D eigenvalue weighted by Crippen LogP contribution is 2.21. The van der Waals surface area contributed by atoms with Crippen molar-refractivity contribution in [2.24, 2.45) is 5.41 Å². The second-order valence-corrected chi connectivity index (χ2v) is 7.16. The fraction of sp³-hybridized carbons (Fsp3) is 0.952. The molecule has 0 fully saturated rings. The number of carboxylic acids is 1. The van der Waals surface area contributed by atoms with Crippen molar-refractivity contribution >= 4 is 5.97 Å². The Labute approximate surface area is 200 Å². The molecule has 0 spiro atoms. The largest absolute Gasteiger partial charge is 0.480 e. The third kappa shape index (κ3) is 21.6. The molecular weight excluding hydrogens is 460 g/mol. The summed E-state index contributed by atoms with van der Waals surface area (Å²) in [7, 11) is 0. The van der Waals surface area contributed by atoms with Gasteiger partial charge in [0.05, 0.1) is 124 Å². The summed E-state index contributed by atoms with van der Waals surface area (Å²) in [5.41, 5.74) is -0.697. The quantitative estimate of drug-likeness (QED) is 0.0881. The van der Waals surface area contributed by atoms with E-state index in [0.29, 0.717) is 39.6 Å². The van der Waals surface area contributed by atoms with Crippen molar-refractivity contribution in [3.05, 3.63) is 0 Å². The lowest BCUT2D eigenvalue weighted by Crippen LogP contribution is -2.43. The summed E-state index contributed by atoms with van der Waals surface area (Å²) in [4.78, 5) is 10.5. The molecule has 0 aromatic heterocycles. The van der Waals surface area contributed by atoms with Crippen LogP contribution in [0.25, 0.3) is 0 Å². The molecule has 13 nitrogen and oxygen atoms in total. The first-order chi connectivity index (χ1) is 16.6. The Kier molecular flexibility index (Phi) is 24.4. The number of hydrogen-bond acceptors (Lipinski definition) is 12. The van der Waals surface area contributed by atoms with Crippen LogP contribution in [0, 0.1) is 5.41 Å². The molecule has 0 bridgehead atoms. The van der Waals surface area contributed by atoms with Gasteiger partial charge < -0.3 is 58.3 Å². The van der Waals surface area contributed by atoms with Crippen molar-refractivity contribution in [1.29, 1.82) is 0 Å². The molecule has 0 unspecified atom stereocenters. The van der Waals surface area contributed by atoms with Crippen LogP contribution in [-0.2, 0) is 42.7 Å². The van der Waals surface area contributed by atoms with Gasteiger partial charge in [0.25, 0.3) is 0 Å². The predicted molar refractivity (Wildman–Crippen MR) is 118 cm³/mol. The minimum absolute atomic E-state index is 0.0693. The smallest absolute Gasteiger partial charge is 0.329 e. The Balaban J connectivity index is 4.79. The first-order valence-corrected chi connectivity index (χ1v) is 11.3. The fourth-order valence-corrected chi connectivity index (χ4v) is 2.54. The maximum absolute atomic E-state index is 10.5. The molecule has 204 valence electrons. The van der Waals surface area contributed by atoms with Gasteiger partial charge >= 0.3 is 5.97 Å². The van der Waals surface area contributed by atoms with Crippen LogP contribution in [0.15, 0.2) is 0 Å². The van der Waals surface area contributed by atoms with E-state index in [1.54, 1.807) is 0 Å². The minimum Gasteiger partial charge on any atom is -0.480 e. The summed E-state index contributed by atoms with van der Waals surface area (Å²) in [6.45, 7) is 3.03. The van der Waals surface area contributed by atoms with E-state index in [0.717, 1.165) is 0 Å². The Bertz CT molecular complexity index is 398. The van der Waals surface area contributed by atoms with Crippen molar-refractivity contribution in [2.75, 3.05) is 126 Å². The van der Waals surface area contributed by atoms with Crippen LogP contribution in [0.4, 0.5) is 0 Å². The molecule has 0 atom stereocenters. The summed E-state index contributed by atoms with van der Waals surface area (Å²) in [6, 6.07) is 0. The highest BCUT2D eigenvalue weighted by molar-refractivity contribution is 5.67. The normalized spacial score (nSPS) is 11.9. The molecule has 0 aromatic rings. The van der Waals surface area contributed by atoms with Gasteiger partial charge in [0.15, 0.2) is 0 Å². The second kappa shape index (κ2) is 25.1. The van der Waals surface area contributed by atoms with Crippen LogP contribution in [0.3, 0.4) is 0 Å². The van der Waals surface area contributed by atoms with E-state index in [-0.39, 0.29) is 79.3 Å². The molecule has 34 heavy (non-hydrogen) atoms. The molecule has 0 radical (unpaired) electrons. The van der Waals surface area contributed by atoms with E-state index in [9.17, 15) is 4.79 Å². The van der Waals surface area contributed by atoms with Crippen LogP contribution in [0.1, 0.15) is 0 Å². The molecule has 0 saturated heterocycles. The molecule has 0 heterocycles. The number of carbonyl (C=O) groups is 1. The topological polar surface area (TPSA) is 172 Å². The zero-order chi connectivity index (χ0) is 25.2. The third-order valence-electron chi connectivity index (χ3n) is 4.05. The van der Waals surface area contributed by atoms with E-state index in [4.69, 9.17) is 58.3 Å². The number of aliphatic carboxylic acids is 1. The number of aliphatic hydroxyl groups excluding tert-OH is 3. The Morgan fingerprint density at radius 2 is 0.765 bits per heavy atom. The number of ether oxygens (including phenoxy) is 8. The van der Waals surface area contributed by atoms with Gasteiger partial charge in [0.2, 0.25) is 0 Å². The van der Waals surface area contributed by atoms with Crippen LogP contribution < -0.4 is 0 Å². The molecule has 0 amide bonds. The first-order valence-electron chi connectivity index (χ1n) is 11.3. The molecule has 0 aliphatic carbocycles. The van der Waals surface area contributed by atoms with Crippen LogP contribution in [-0.4, -0.2) is 152 Å². The van der Waals surface area contributed by atoms with Gasteiger partial charge in [0.1, 0.15) is 6.61 Å². The van der Waals surface area contributed by atoms with Gasteiger partial charge in [-0.25, -0.2) is 4.79 Å². The number of aliphatic hydroxyl groups is 3. The summed E-state index contributed by atoms with van der Waals surface area (Å²) < 4.78 is 43.6. The van der Waals surface area contributed by atoms with Gasteiger partial charge in [-0.1, -0.05) is 0 Å². The van der Waals surface area contributed by atoms with E-state index < -0.39 is 18.0 Å². The SMILES string of the molecule is O=C(O)COCCOCC(COCCOCCO)(COCCOCCO)COCCOCCO. The average Bonchev–Trinajstić information content (AvgIpc) is 2.82. The van der Waals surface area contributed by atoms with Crippen LogP contribution >= 0.6 is 0 Å². The summed E-state index contributed by atoms with van der Waals surface area (Å²) >= 11 is 0. The lowest BCUT2D eigenvalue weighted by Gasteiger charge is -2.33. The monoisotopic (exact) mass is 502 g/mol. The number of hydrogen-bond donors (Lipinski definition) is 4. The van der Waals surface area contributed by atoms with E-state index in [1.807, 2.05) is 0 Å². The highest BCUT2D eigenvalue weighted by Gasteiger charge is 2.32. The lowest BCUT2D eigenvalue weighted by molar-refractivity contribution is -0.143. The van der Waals surface area contributed by atoms with Crippen molar-refractivity contribution in [3.8, 4) is 0 Å². The van der Waals surface area contributed by atoms with Gasteiger partial charge in [0, 0.05) is 0 Å². The Hall–Kier alpha value is -0.970. The predicted octanol–water partition coefficient (Wildman–Crippen LogP) is -1.83. The minimum atomic E-state index is -1.06. The van der Waals surface area contributed by atoms with Gasteiger partial charge in [-0.05, 0) is 0 Å². The Morgan fingerprint density at radius 1 is 0.471 bits per heavy atom. The van der Waals surface area contributed by atoms with Gasteiger partial charge in [-0.2, -0.15) is 0 Å². The standard InChI is InChI=1S/C21H42O13/c22-1-4-27-7-11-31-16-21(17-32-12-8-28-5-2-23,18-33-13-9-29-6-3-24)19-34-14-10-30-15-20(25)26/h22-24H,1-19H2,(H,25,26). The molecular formula is C21H42O13. The van der Waals surface area contributed by atoms with Crippen LogP contribution in [0.2, 0.25) is 0 Å². The highest BCUT2D eigenvalue weighted by atomic mass is 16.6. The fourth-order valence-electron chi connectivity index (χ4n) is 2.54. The molecule has 0 saturated carbocycles. The van der Waals surface area contributed by atoms with Crippen molar-refractivity contribution in [1.82, 2.24) is 0 Å². The maximum Gasteiger partial charge on any atom is 0.329 e. The van der Waals surface area contributed by atoms with E-state index in [1.165, 1.54) is 0 Å². The summed E-state index contributed by atoms with van der Waals surface area (Å²) in [5, 5.41) is 35.0. The molecule has 0 aromatic carbocycles. The molecule has 0 aliphatic heterocycles. The lowest BCUT2D eigenvalue weighted by atomic mass is 9.92. The van der Waals surface area contributed by atoms with Crippen molar-refractivity contribution in [2.45, 2.75) is 0 Å². The second-order valence-electron chi connectivity index (χ2n) is 7.16. The van der Waals surface area contributed by atoms with E-state index in [2.05, 4.69) is 0 Å². The zero-order valence-corrected chi connectivity index (χ0v) is 19.9. The van der Waals surface area contributed by atoms with Crippen LogP contribution in [0.5, 0.6) is 0 Å². The van der Waals surface area contributed by atoms with E-state index >= 15 is 0 Å².